The summed E-state index contributed by atoms with van der Waals surface area (Å²) in [6.07, 6.45) is 1.81. The van der Waals surface area contributed by atoms with Crippen LogP contribution in [0.1, 0.15) is 5.56 Å². The molecule has 0 aliphatic rings. The molecular formula is C11H12ClNO2. The molecule has 0 heterocycles. The molecule has 0 saturated heterocycles. The van der Waals surface area contributed by atoms with Crippen LogP contribution >= 0.6 is 11.6 Å². The van der Waals surface area contributed by atoms with Crippen molar-refractivity contribution < 1.29 is 9.53 Å². The van der Waals surface area contributed by atoms with Gasteiger partial charge in [-0.2, -0.15) is 0 Å². The predicted octanol–water partition coefficient (Wildman–Crippen LogP) is 1.93. The zero-order valence-corrected chi connectivity index (χ0v) is 8.96. The van der Waals surface area contributed by atoms with Crippen molar-refractivity contribution in [3.8, 4) is 5.75 Å². The third-order valence-corrected chi connectivity index (χ3v) is 2.03. The monoisotopic (exact) mass is 225 g/mol. The number of amides is 1. The number of carbonyl (C=O) groups is 1. The van der Waals surface area contributed by atoms with Crippen LogP contribution in [0.4, 0.5) is 0 Å². The SMILES string of the molecule is C=CCOc1ccc(CC(N)=O)cc1Cl. The molecule has 1 amide bonds. The second kappa shape index (κ2) is 5.41. The molecule has 0 fully saturated rings. The standard InChI is InChI=1S/C11H12ClNO2/c1-2-5-15-10-4-3-8(6-9(10)12)7-11(13)14/h2-4,6H,1,5,7H2,(H2,13,14). The van der Waals surface area contributed by atoms with Gasteiger partial charge in [-0.3, -0.25) is 4.79 Å². The van der Waals surface area contributed by atoms with Gasteiger partial charge in [0.25, 0.3) is 0 Å². The molecule has 0 aromatic heterocycles. The van der Waals surface area contributed by atoms with Gasteiger partial charge in [0.05, 0.1) is 11.4 Å². The largest absolute Gasteiger partial charge is 0.488 e. The third-order valence-electron chi connectivity index (χ3n) is 1.73. The van der Waals surface area contributed by atoms with Crippen molar-refractivity contribution in [1.29, 1.82) is 0 Å². The zero-order valence-electron chi connectivity index (χ0n) is 8.20. The number of ether oxygens (including phenoxy) is 1. The van der Waals surface area contributed by atoms with Crippen LogP contribution in [0, 0.1) is 0 Å². The summed E-state index contributed by atoms with van der Waals surface area (Å²) in [7, 11) is 0. The van der Waals surface area contributed by atoms with E-state index in [2.05, 4.69) is 6.58 Å². The van der Waals surface area contributed by atoms with E-state index in [9.17, 15) is 4.79 Å². The Labute approximate surface area is 93.5 Å². The van der Waals surface area contributed by atoms with Crippen molar-refractivity contribution in [2.75, 3.05) is 6.61 Å². The minimum Gasteiger partial charge on any atom is -0.488 e. The van der Waals surface area contributed by atoms with E-state index < -0.39 is 0 Å². The van der Waals surface area contributed by atoms with Gasteiger partial charge in [0, 0.05) is 0 Å². The molecule has 0 radical (unpaired) electrons. The lowest BCUT2D eigenvalue weighted by molar-refractivity contribution is -0.117. The van der Waals surface area contributed by atoms with Gasteiger partial charge in [0.15, 0.2) is 0 Å². The second-order valence-electron chi connectivity index (χ2n) is 3.01. The highest BCUT2D eigenvalue weighted by molar-refractivity contribution is 6.32. The smallest absolute Gasteiger partial charge is 0.221 e. The number of primary amides is 1. The fraction of sp³-hybridized carbons (Fsp3) is 0.182. The lowest BCUT2D eigenvalue weighted by Gasteiger charge is -2.06. The number of rotatable bonds is 5. The molecule has 0 aliphatic heterocycles. The summed E-state index contributed by atoms with van der Waals surface area (Å²) in [6, 6.07) is 5.14. The van der Waals surface area contributed by atoms with Crippen molar-refractivity contribution in [3.63, 3.8) is 0 Å². The number of halogens is 1. The van der Waals surface area contributed by atoms with Crippen LogP contribution < -0.4 is 10.5 Å². The number of hydrogen-bond donors (Lipinski definition) is 1. The van der Waals surface area contributed by atoms with Crippen LogP contribution in [-0.4, -0.2) is 12.5 Å². The van der Waals surface area contributed by atoms with Crippen molar-refractivity contribution in [2.45, 2.75) is 6.42 Å². The molecule has 0 unspecified atom stereocenters. The number of carbonyl (C=O) groups excluding carboxylic acids is 1. The van der Waals surface area contributed by atoms with Gasteiger partial charge >= 0.3 is 0 Å². The molecule has 1 aromatic carbocycles. The number of nitrogens with two attached hydrogens (primary N) is 1. The Morgan fingerprint density at radius 3 is 2.87 bits per heavy atom. The van der Waals surface area contributed by atoms with E-state index in [1.807, 2.05) is 0 Å². The van der Waals surface area contributed by atoms with E-state index in [0.29, 0.717) is 17.4 Å². The maximum Gasteiger partial charge on any atom is 0.221 e. The van der Waals surface area contributed by atoms with Gasteiger partial charge in [0.2, 0.25) is 5.91 Å². The Hall–Kier alpha value is -1.48. The molecule has 80 valence electrons. The lowest BCUT2D eigenvalue weighted by atomic mass is 10.1. The van der Waals surface area contributed by atoms with E-state index in [1.165, 1.54) is 0 Å². The van der Waals surface area contributed by atoms with Crippen molar-refractivity contribution in [3.05, 3.63) is 41.4 Å². The first kappa shape index (κ1) is 11.6. The Balaban J connectivity index is 2.78. The van der Waals surface area contributed by atoms with E-state index in [4.69, 9.17) is 22.1 Å². The summed E-state index contributed by atoms with van der Waals surface area (Å²) >= 11 is 5.94. The van der Waals surface area contributed by atoms with Gasteiger partial charge in [-0.05, 0) is 17.7 Å². The van der Waals surface area contributed by atoms with Gasteiger partial charge in [-0.25, -0.2) is 0 Å². The predicted molar refractivity (Wildman–Crippen MR) is 60.0 cm³/mol. The first-order valence-corrected chi connectivity index (χ1v) is 4.81. The maximum absolute atomic E-state index is 10.7. The van der Waals surface area contributed by atoms with Gasteiger partial charge < -0.3 is 10.5 Å². The average molecular weight is 226 g/mol. The summed E-state index contributed by atoms with van der Waals surface area (Å²) in [5.41, 5.74) is 5.84. The maximum atomic E-state index is 10.7. The van der Waals surface area contributed by atoms with Crippen LogP contribution in [0.3, 0.4) is 0 Å². The molecular weight excluding hydrogens is 214 g/mol. The molecule has 4 heteroatoms. The average Bonchev–Trinajstić information content (AvgIpc) is 2.15. The van der Waals surface area contributed by atoms with Crippen LogP contribution in [0.2, 0.25) is 5.02 Å². The van der Waals surface area contributed by atoms with Gasteiger partial charge in [0.1, 0.15) is 12.4 Å². The summed E-state index contributed by atoms with van der Waals surface area (Å²) < 4.78 is 5.28. The zero-order chi connectivity index (χ0) is 11.3. The Bertz CT molecular complexity index is 377. The lowest BCUT2D eigenvalue weighted by Crippen LogP contribution is -2.13. The summed E-state index contributed by atoms with van der Waals surface area (Å²) in [5.74, 6) is 0.190. The normalized spacial score (nSPS) is 9.67. The Morgan fingerprint density at radius 1 is 1.60 bits per heavy atom. The quantitative estimate of drug-likeness (QED) is 0.779. The summed E-state index contributed by atoms with van der Waals surface area (Å²) in [5, 5.41) is 0.468. The van der Waals surface area contributed by atoms with E-state index in [-0.39, 0.29) is 12.3 Å². The highest BCUT2D eigenvalue weighted by atomic mass is 35.5. The number of hydrogen-bond acceptors (Lipinski definition) is 2. The Morgan fingerprint density at radius 2 is 2.33 bits per heavy atom. The topological polar surface area (TPSA) is 52.3 Å². The minimum atomic E-state index is -0.383. The molecule has 0 saturated carbocycles. The van der Waals surface area contributed by atoms with Crippen LogP contribution in [0.25, 0.3) is 0 Å². The van der Waals surface area contributed by atoms with Gasteiger partial charge in [-0.15, -0.1) is 0 Å². The van der Waals surface area contributed by atoms with Gasteiger partial charge in [-0.1, -0.05) is 30.3 Å². The van der Waals surface area contributed by atoms with Crippen LogP contribution in [-0.2, 0) is 11.2 Å². The second-order valence-corrected chi connectivity index (χ2v) is 3.41. The molecule has 15 heavy (non-hydrogen) atoms. The fourth-order valence-electron chi connectivity index (χ4n) is 1.12. The third kappa shape index (κ3) is 3.64. The molecule has 0 aliphatic carbocycles. The van der Waals surface area contributed by atoms with E-state index >= 15 is 0 Å². The van der Waals surface area contributed by atoms with E-state index in [0.717, 1.165) is 5.56 Å². The molecule has 0 atom stereocenters. The molecule has 1 aromatic rings. The minimum absolute atomic E-state index is 0.182. The van der Waals surface area contributed by atoms with Crippen LogP contribution in [0.5, 0.6) is 5.75 Å². The van der Waals surface area contributed by atoms with Crippen molar-refractivity contribution in [2.24, 2.45) is 5.73 Å². The molecule has 2 N–H and O–H groups in total. The summed E-state index contributed by atoms with van der Waals surface area (Å²) in [6.45, 7) is 3.93. The molecule has 3 nitrogen and oxygen atoms in total. The highest BCUT2D eigenvalue weighted by Crippen LogP contribution is 2.25. The summed E-state index contributed by atoms with van der Waals surface area (Å²) in [4.78, 5) is 10.7. The molecule has 0 bridgehead atoms. The van der Waals surface area contributed by atoms with Crippen molar-refractivity contribution >= 4 is 17.5 Å². The number of benzene rings is 1. The highest BCUT2D eigenvalue weighted by Gasteiger charge is 2.04. The molecule has 0 spiro atoms. The molecule has 1 rings (SSSR count). The first-order chi connectivity index (χ1) is 7.13. The van der Waals surface area contributed by atoms with Crippen LogP contribution in [0.15, 0.2) is 30.9 Å². The first-order valence-electron chi connectivity index (χ1n) is 4.44. The van der Waals surface area contributed by atoms with E-state index in [1.54, 1.807) is 24.3 Å². The van der Waals surface area contributed by atoms with Crippen molar-refractivity contribution in [1.82, 2.24) is 0 Å². The Kier molecular flexibility index (Phi) is 4.18. The fourth-order valence-corrected chi connectivity index (χ4v) is 1.38.